The lowest BCUT2D eigenvalue weighted by Crippen LogP contribution is -2.51. The van der Waals surface area contributed by atoms with E-state index >= 15 is 0 Å². The average Bonchev–Trinajstić information content (AvgIpc) is 2.11. The van der Waals surface area contributed by atoms with Crippen LogP contribution in [0.5, 0.6) is 5.88 Å². The minimum Gasteiger partial charge on any atom is -0.478 e. The summed E-state index contributed by atoms with van der Waals surface area (Å²) in [4.78, 5) is 8.49. The van der Waals surface area contributed by atoms with E-state index in [4.69, 9.17) is 4.74 Å². The molecule has 0 unspecified atom stereocenters. The molecule has 2 heterocycles. The monoisotopic (exact) mass is 208 g/mol. The second-order valence-electron chi connectivity index (χ2n) is 3.57. The second kappa shape index (κ2) is 4.44. The summed E-state index contributed by atoms with van der Waals surface area (Å²) in [5.41, 5.74) is 0. The highest BCUT2D eigenvalue weighted by Crippen LogP contribution is 2.14. The normalized spacial score (nSPS) is 15.9. The number of hydrogen-bond donors (Lipinski definition) is 2. The maximum Gasteiger partial charge on any atom is 0.218 e. The van der Waals surface area contributed by atoms with Crippen molar-refractivity contribution in [2.45, 2.75) is 19.9 Å². The highest BCUT2D eigenvalue weighted by atomic mass is 16.5. The smallest absolute Gasteiger partial charge is 0.218 e. The standard InChI is InChI=1S/C10H16N4O/c1-3-15-10-4-9(12-7(2)13-10)14-8-5-11-6-8/h4,8,11H,3,5-6H2,1-2H3,(H,12,13,14). The zero-order valence-electron chi connectivity index (χ0n) is 9.08. The summed E-state index contributed by atoms with van der Waals surface area (Å²) in [5, 5.41) is 6.52. The van der Waals surface area contributed by atoms with Crippen molar-refractivity contribution in [2.75, 3.05) is 25.0 Å². The highest BCUT2D eigenvalue weighted by Gasteiger charge is 2.17. The maximum absolute atomic E-state index is 5.35. The molecule has 1 saturated heterocycles. The fourth-order valence-electron chi connectivity index (χ4n) is 1.44. The van der Waals surface area contributed by atoms with E-state index in [0.717, 1.165) is 24.7 Å². The van der Waals surface area contributed by atoms with Crippen molar-refractivity contribution in [3.05, 3.63) is 11.9 Å². The Morgan fingerprint density at radius 1 is 1.53 bits per heavy atom. The molecule has 1 fully saturated rings. The average molecular weight is 208 g/mol. The molecule has 1 aliphatic heterocycles. The predicted octanol–water partition coefficient (Wildman–Crippen LogP) is 0.567. The van der Waals surface area contributed by atoms with Gasteiger partial charge in [-0.05, 0) is 13.8 Å². The van der Waals surface area contributed by atoms with Gasteiger partial charge in [-0.25, -0.2) is 4.98 Å². The predicted molar refractivity (Wildman–Crippen MR) is 58.2 cm³/mol. The summed E-state index contributed by atoms with van der Waals surface area (Å²) < 4.78 is 5.35. The van der Waals surface area contributed by atoms with Gasteiger partial charge in [-0.2, -0.15) is 4.98 Å². The summed E-state index contributed by atoms with van der Waals surface area (Å²) >= 11 is 0. The fraction of sp³-hybridized carbons (Fsp3) is 0.600. The molecule has 0 saturated carbocycles. The lowest BCUT2D eigenvalue weighted by molar-refractivity contribution is 0.325. The van der Waals surface area contributed by atoms with E-state index < -0.39 is 0 Å². The Labute approximate surface area is 89.3 Å². The van der Waals surface area contributed by atoms with Crippen molar-refractivity contribution >= 4 is 5.82 Å². The van der Waals surface area contributed by atoms with E-state index in [1.165, 1.54) is 0 Å². The number of ether oxygens (including phenoxy) is 1. The quantitative estimate of drug-likeness (QED) is 0.757. The van der Waals surface area contributed by atoms with Crippen LogP contribution in [0.4, 0.5) is 5.82 Å². The van der Waals surface area contributed by atoms with E-state index in [0.29, 0.717) is 18.5 Å². The highest BCUT2D eigenvalue weighted by molar-refractivity contribution is 5.40. The van der Waals surface area contributed by atoms with Crippen molar-refractivity contribution in [2.24, 2.45) is 0 Å². The van der Waals surface area contributed by atoms with Crippen LogP contribution in [0.3, 0.4) is 0 Å². The lowest BCUT2D eigenvalue weighted by atomic mass is 10.2. The van der Waals surface area contributed by atoms with Gasteiger partial charge in [-0.3, -0.25) is 0 Å². The van der Waals surface area contributed by atoms with Crippen LogP contribution in [0.2, 0.25) is 0 Å². The first-order valence-electron chi connectivity index (χ1n) is 5.23. The van der Waals surface area contributed by atoms with Gasteiger partial charge >= 0.3 is 0 Å². The number of anilines is 1. The number of rotatable bonds is 4. The molecule has 1 aromatic heterocycles. The van der Waals surface area contributed by atoms with Crippen LogP contribution >= 0.6 is 0 Å². The third-order valence-electron chi connectivity index (χ3n) is 2.24. The first kappa shape index (κ1) is 10.2. The molecular formula is C10H16N4O. The topological polar surface area (TPSA) is 59.1 Å². The molecule has 0 atom stereocenters. The number of aryl methyl sites for hydroxylation is 1. The number of nitrogens with zero attached hydrogens (tertiary/aromatic N) is 2. The molecule has 0 spiro atoms. The molecule has 0 bridgehead atoms. The number of nitrogens with one attached hydrogen (secondary N) is 2. The van der Waals surface area contributed by atoms with Gasteiger partial charge < -0.3 is 15.4 Å². The Kier molecular flexibility index (Phi) is 3.01. The Morgan fingerprint density at radius 2 is 2.33 bits per heavy atom. The van der Waals surface area contributed by atoms with Crippen molar-refractivity contribution in [1.82, 2.24) is 15.3 Å². The Morgan fingerprint density at radius 3 is 2.93 bits per heavy atom. The zero-order valence-corrected chi connectivity index (χ0v) is 9.08. The molecule has 2 N–H and O–H groups in total. The molecule has 5 nitrogen and oxygen atoms in total. The van der Waals surface area contributed by atoms with E-state index in [1.807, 2.05) is 19.9 Å². The van der Waals surface area contributed by atoms with Crippen molar-refractivity contribution in [1.29, 1.82) is 0 Å². The van der Waals surface area contributed by atoms with Gasteiger partial charge in [0, 0.05) is 19.2 Å². The third kappa shape index (κ3) is 2.56. The van der Waals surface area contributed by atoms with Crippen LogP contribution in [-0.2, 0) is 0 Å². The second-order valence-corrected chi connectivity index (χ2v) is 3.57. The Balaban J connectivity index is 2.07. The van der Waals surface area contributed by atoms with Crippen LogP contribution in [0, 0.1) is 6.92 Å². The van der Waals surface area contributed by atoms with Crippen LogP contribution in [0.1, 0.15) is 12.7 Å². The van der Waals surface area contributed by atoms with Crippen molar-refractivity contribution in [3.63, 3.8) is 0 Å². The molecule has 15 heavy (non-hydrogen) atoms. The SMILES string of the molecule is CCOc1cc(NC2CNC2)nc(C)n1. The fourth-order valence-corrected chi connectivity index (χ4v) is 1.44. The maximum atomic E-state index is 5.35. The minimum atomic E-state index is 0.480. The van der Waals surface area contributed by atoms with Gasteiger partial charge in [0.15, 0.2) is 0 Å². The molecule has 1 aliphatic rings. The molecule has 0 aliphatic carbocycles. The Bertz CT molecular complexity index is 338. The van der Waals surface area contributed by atoms with Crippen LogP contribution in [-0.4, -0.2) is 35.7 Å². The molecule has 5 heteroatoms. The summed E-state index contributed by atoms with van der Waals surface area (Å²) in [6.07, 6.45) is 0. The summed E-state index contributed by atoms with van der Waals surface area (Å²) in [5.74, 6) is 2.22. The van der Waals surface area contributed by atoms with E-state index in [-0.39, 0.29) is 0 Å². The molecule has 0 aromatic carbocycles. The van der Waals surface area contributed by atoms with Crippen LogP contribution in [0.15, 0.2) is 6.07 Å². The van der Waals surface area contributed by atoms with Gasteiger partial charge in [0.25, 0.3) is 0 Å². The first-order valence-corrected chi connectivity index (χ1v) is 5.23. The van der Waals surface area contributed by atoms with Crippen LogP contribution < -0.4 is 15.4 Å². The van der Waals surface area contributed by atoms with E-state index in [1.54, 1.807) is 0 Å². The summed E-state index contributed by atoms with van der Waals surface area (Å²) in [7, 11) is 0. The lowest BCUT2D eigenvalue weighted by Gasteiger charge is -2.28. The zero-order chi connectivity index (χ0) is 10.7. The molecule has 0 radical (unpaired) electrons. The van der Waals surface area contributed by atoms with E-state index in [9.17, 15) is 0 Å². The minimum absolute atomic E-state index is 0.480. The molecule has 1 aromatic rings. The molecule has 0 amide bonds. The molecular weight excluding hydrogens is 192 g/mol. The van der Waals surface area contributed by atoms with E-state index in [2.05, 4.69) is 20.6 Å². The van der Waals surface area contributed by atoms with Gasteiger partial charge in [-0.15, -0.1) is 0 Å². The summed E-state index contributed by atoms with van der Waals surface area (Å²) in [6.45, 7) is 6.42. The number of aromatic nitrogens is 2. The Hall–Kier alpha value is -1.36. The largest absolute Gasteiger partial charge is 0.478 e. The molecule has 2 rings (SSSR count). The van der Waals surface area contributed by atoms with Gasteiger partial charge in [0.1, 0.15) is 11.6 Å². The van der Waals surface area contributed by atoms with Gasteiger partial charge in [0.2, 0.25) is 5.88 Å². The number of hydrogen-bond acceptors (Lipinski definition) is 5. The van der Waals surface area contributed by atoms with Crippen molar-refractivity contribution in [3.8, 4) is 5.88 Å². The van der Waals surface area contributed by atoms with Crippen molar-refractivity contribution < 1.29 is 4.74 Å². The summed E-state index contributed by atoms with van der Waals surface area (Å²) in [6, 6.07) is 2.32. The van der Waals surface area contributed by atoms with Gasteiger partial charge in [0.05, 0.1) is 12.6 Å². The van der Waals surface area contributed by atoms with Crippen LogP contribution in [0.25, 0.3) is 0 Å². The first-order chi connectivity index (χ1) is 7.28. The third-order valence-corrected chi connectivity index (χ3v) is 2.24. The molecule has 82 valence electrons. The van der Waals surface area contributed by atoms with Gasteiger partial charge in [-0.1, -0.05) is 0 Å².